The van der Waals surface area contributed by atoms with Gasteiger partial charge >= 0.3 is 6.18 Å². The van der Waals surface area contributed by atoms with Gasteiger partial charge in [0.25, 0.3) is 0 Å². The number of amides is 3. The van der Waals surface area contributed by atoms with Crippen molar-refractivity contribution < 1.29 is 27.6 Å². The Bertz CT molecular complexity index is 1080. The lowest BCUT2D eigenvalue weighted by Crippen LogP contribution is -2.44. The van der Waals surface area contributed by atoms with Gasteiger partial charge in [0, 0.05) is 12.0 Å². The highest BCUT2D eigenvalue weighted by molar-refractivity contribution is 6.33. The van der Waals surface area contributed by atoms with Crippen LogP contribution >= 0.6 is 11.6 Å². The number of carbonyl (C=O) groups is 3. The van der Waals surface area contributed by atoms with E-state index in [1.807, 2.05) is 0 Å². The van der Waals surface area contributed by atoms with Crippen molar-refractivity contribution in [1.82, 2.24) is 4.90 Å². The zero-order valence-corrected chi connectivity index (χ0v) is 19.0. The van der Waals surface area contributed by atoms with Gasteiger partial charge in [-0.15, -0.1) is 0 Å². The summed E-state index contributed by atoms with van der Waals surface area (Å²) in [5.41, 5.74) is -0.955. The molecule has 180 valence electrons. The van der Waals surface area contributed by atoms with Gasteiger partial charge in [0.05, 0.1) is 28.1 Å². The number of benzene rings is 1. The third kappa shape index (κ3) is 3.32. The van der Waals surface area contributed by atoms with Gasteiger partial charge in [-0.05, 0) is 74.0 Å². The Morgan fingerprint density at radius 2 is 1.56 bits per heavy atom. The van der Waals surface area contributed by atoms with Gasteiger partial charge < -0.3 is 5.32 Å². The van der Waals surface area contributed by atoms with Crippen LogP contribution in [0.15, 0.2) is 30.4 Å². The number of nitrogens with one attached hydrogen (secondary N) is 1. The van der Waals surface area contributed by atoms with Crippen molar-refractivity contribution in [2.75, 3.05) is 5.32 Å². The molecule has 3 saturated carbocycles. The van der Waals surface area contributed by atoms with Crippen molar-refractivity contribution >= 4 is 35.0 Å². The summed E-state index contributed by atoms with van der Waals surface area (Å²) in [7, 11) is 0. The molecule has 6 aliphatic rings. The number of anilines is 1. The molecular formula is C25H24ClF3N2O3. The van der Waals surface area contributed by atoms with Gasteiger partial charge in [0.2, 0.25) is 17.7 Å². The number of alkyl halides is 3. The second kappa shape index (κ2) is 7.57. The fraction of sp³-hybridized carbons (Fsp3) is 0.560. The average molecular weight is 493 g/mol. The SMILES string of the molecule is O=C(Nc1cc(C(F)(F)F)ccc1Cl)C1CCC(N2C(=O)[C@H]3[C@@H]4C=C[C@H]([C@H]5C[C@H]45)[C@@H]3C2=O)CC1. The smallest absolute Gasteiger partial charge is 0.325 e. The van der Waals surface area contributed by atoms with Crippen molar-refractivity contribution in [1.29, 1.82) is 0 Å². The summed E-state index contributed by atoms with van der Waals surface area (Å²) in [4.78, 5) is 40.9. The molecule has 1 aliphatic heterocycles. The molecule has 9 heteroatoms. The number of nitrogens with zero attached hydrogens (tertiary/aromatic N) is 1. The lowest BCUT2D eigenvalue weighted by Gasteiger charge is -2.37. The second-order valence-corrected chi connectivity index (χ2v) is 10.8. The second-order valence-electron chi connectivity index (χ2n) is 10.4. The van der Waals surface area contributed by atoms with E-state index in [2.05, 4.69) is 17.5 Å². The minimum absolute atomic E-state index is 0.0344. The van der Waals surface area contributed by atoms with Crippen LogP contribution in [0.2, 0.25) is 5.02 Å². The number of hydrogen-bond donors (Lipinski definition) is 1. The first-order valence-electron chi connectivity index (χ1n) is 11.9. The van der Waals surface area contributed by atoms with E-state index in [-0.39, 0.29) is 52.2 Å². The molecule has 0 spiro atoms. The maximum absolute atomic E-state index is 13.3. The highest BCUT2D eigenvalue weighted by Gasteiger charge is 2.67. The molecule has 5 nitrogen and oxygen atoms in total. The molecule has 4 fully saturated rings. The summed E-state index contributed by atoms with van der Waals surface area (Å²) in [5, 5.41) is 2.57. The van der Waals surface area contributed by atoms with Crippen LogP contribution in [0.3, 0.4) is 0 Å². The number of halogens is 4. The van der Waals surface area contributed by atoms with Crippen LogP contribution in [-0.4, -0.2) is 28.7 Å². The molecule has 1 heterocycles. The van der Waals surface area contributed by atoms with Crippen LogP contribution in [0, 0.1) is 41.4 Å². The van der Waals surface area contributed by atoms with Crippen molar-refractivity contribution in [3.05, 3.63) is 40.9 Å². The van der Waals surface area contributed by atoms with E-state index in [4.69, 9.17) is 11.6 Å². The summed E-state index contributed by atoms with van der Waals surface area (Å²) in [6, 6.07) is 2.60. The zero-order chi connectivity index (χ0) is 23.9. The van der Waals surface area contributed by atoms with E-state index in [1.165, 1.54) is 4.90 Å². The molecule has 0 aromatic heterocycles. The number of hydrogen-bond acceptors (Lipinski definition) is 3. The number of rotatable bonds is 3. The number of likely N-dealkylation sites (tertiary alicyclic amines) is 1. The predicted octanol–water partition coefficient (Wildman–Crippen LogP) is 4.91. The zero-order valence-electron chi connectivity index (χ0n) is 18.2. The summed E-state index contributed by atoms with van der Waals surface area (Å²) >= 11 is 6.00. The summed E-state index contributed by atoms with van der Waals surface area (Å²) in [6.07, 6.45) is 2.81. The van der Waals surface area contributed by atoms with Gasteiger partial charge in [-0.1, -0.05) is 23.8 Å². The van der Waals surface area contributed by atoms with E-state index in [0.29, 0.717) is 37.5 Å². The lowest BCUT2D eigenvalue weighted by molar-refractivity contribution is -0.144. The van der Waals surface area contributed by atoms with Gasteiger partial charge in [-0.3, -0.25) is 19.3 Å². The first-order chi connectivity index (χ1) is 16.1. The minimum atomic E-state index is -4.54. The van der Waals surface area contributed by atoms with Crippen molar-refractivity contribution in [2.24, 2.45) is 41.4 Å². The van der Waals surface area contributed by atoms with Crippen molar-refractivity contribution in [2.45, 2.75) is 44.3 Å². The van der Waals surface area contributed by atoms with Crippen LogP contribution in [0.1, 0.15) is 37.7 Å². The maximum Gasteiger partial charge on any atom is 0.416 e. The number of imide groups is 1. The predicted molar refractivity (Wildman–Crippen MR) is 117 cm³/mol. The first kappa shape index (κ1) is 22.1. The quantitative estimate of drug-likeness (QED) is 0.481. The van der Waals surface area contributed by atoms with E-state index in [1.54, 1.807) is 0 Å². The summed E-state index contributed by atoms with van der Waals surface area (Å²) in [6.45, 7) is 0. The third-order valence-corrected chi connectivity index (χ3v) is 9.01. The average Bonchev–Trinajstić information content (AvgIpc) is 3.58. The molecule has 3 amide bonds. The number of allylic oxidation sites excluding steroid dienone is 2. The van der Waals surface area contributed by atoms with Crippen LogP contribution in [0.4, 0.5) is 18.9 Å². The van der Waals surface area contributed by atoms with Crippen molar-refractivity contribution in [3.63, 3.8) is 0 Å². The van der Waals surface area contributed by atoms with Gasteiger partial charge in [-0.25, -0.2) is 0 Å². The van der Waals surface area contributed by atoms with Crippen LogP contribution in [0.25, 0.3) is 0 Å². The third-order valence-electron chi connectivity index (χ3n) is 8.68. The molecule has 5 aliphatic carbocycles. The van der Waals surface area contributed by atoms with Crippen LogP contribution < -0.4 is 5.32 Å². The Kier molecular flexibility index (Phi) is 4.93. The Morgan fingerprint density at radius 1 is 0.971 bits per heavy atom. The van der Waals surface area contributed by atoms with E-state index < -0.39 is 23.6 Å². The normalized spacial score (nSPS) is 38.1. The number of carbonyl (C=O) groups excluding carboxylic acids is 3. The molecule has 1 aromatic rings. The molecule has 0 unspecified atom stereocenters. The molecule has 0 radical (unpaired) electrons. The fourth-order valence-electron chi connectivity index (χ4n) is 6.97. The Balaban J connectivity index is 1.11. The largest absolute Gasteiger partial charge is 0.416 e. The van der Waals surface area contributed by atoms with Crippen molar-refractivity contribution in [3.8, 4) is 0 Å². The Morgan fingerprint density at radius 3 is 2.12 bits per heavy atom. The molecule has 1 saturated heterocycles. The standard InChI is InChI=1S/C25H24ClF3N2O3/c26-18-8-3-12(25(27,28)29)9-19(18)30-22(32)11-1-4-13(5-2-11)31-23(33)20-14-6-7-15(17-10-16(14)17)21(20)24(31)34/h3,6-9,11,13-17,20-21H,1-2,4-5,10H2,(H,30,32)/t11?,13?,14-,15-,16-,17-,20+,21+/m1/s1. The Hall–Kier alpha value is -2.35. The highest BCUT2D eigenvalue weighted by atomic mass is 35.5. The summed E-state index contributed by atoms with van der Waals surface area (Å²) < 4.78 is 39.0. The molecule has 7 rings (SSSR count). The molecule has 34 heavy (non-hydrogen) atoms. The minimum Gasteiger partial charge on any atom is -0.325 e. The van der Waals surface area contributed by atoms with E-state index in [9.17, 15) is 27.6 Å². The van der Waals surface area contributed by atoms with E-state index in [0.717, 1.165) is 24.6 Å². The van der Waals surface area contributed by atoms with Crippen LogP contribution in [0.5, 0.6) is 0 Å². The monoisotopic (exact) mass is 492 g/mol. The highest BCUT2D eigenvalue weighted by Crippen LogP contribution is 2.65. The molecule has 6 atom stereocenters. The van der Waals surface area contributed by atoms with Gasteiger partial charge in [0.15, 0.2) is 0 Å². The molecule has 2 bridgehead atoms. The summed E-state index contributed by atoms with van der Waals surface area (Å²) in [5.74, 6) is 0.0983. The molecule has 1 N–H and O–H groups in total. The fourth-order valence-corrected chi connectivity index (χ4v) is 7.13. The van der Waals surface area contributed by atoms with Gasteiger partial charge in [0.1, 0.15) is 0 Å². The molecule has 1 aromatic carbocycles. The van der Waals surface area contributed by atoms with E-state index >= 15 is 0 Å². The first-order valence-corrected chi connectivity index (χ1v) is 12.3. The van der Waals surface area contributed by atoms with Crippen LogP contribution in [-0.2, 0) is 20.6 Å². The lowest BCUT2D eigenvalue weighted by atomic mass is 9.63. The maximum atomic E-state index is 13.3. The molecular weight excluding hydrogens is 469 g/mol. The Labute approximate surface area is 199 Å². The topological polar surface area (TPSA) is 66.5 Å². The van der Waals surface area contributed by atoms with Gasteiger partial charge in [-0.2, -0.15) is 13.2 Å².